The van der Waals surface area contributed by atoms with Crippen molar-refractivity contribution in [1.82, 2.24) is 19.7 Å². The predicted octanol–water partition coefficient (Wildman–Crippen LogP) is 1.52. The lowest BCUT2D eigenvalue weighted by atomic mass is 10.1. The third-order valence-electron chi connectivity index (χ3n) is 3.87. The average molecular weight is 367 g/mol. The van der Waals surface area contributed by atoms with Crippen LogP contribution in [0.2, 0.25) is 0 Å². The van der Waals surface area contributed by atoms with Crippen molar-refractivity contribution in [2.45, 2.75) is 32.6 Å². The molecule has 1 aliphatic rings. The lowest BCUT2D eigenvalue weighted by Crippen LogP contribution is -2.47. The number of carboxylic acid groups (broad SMARTS) is 1. The molecule has 0 amide bonds. The zero-order valence-electron chi connectivity index (χ0n) is 11.9. The third kappa shape index (κ3) is 2.59. The quantitative estimate of drug-likeness (QED) is 0.855. The molecule has 0 saturated carbocycles. The van der Waals surface area contributed by atoms with Gasteiger partial charge in [0.15, 0.2) is 0 Å². The lowest BCUT2D eigenvalue weighted by molar-refractivity contribution is -0.145. The number of aromatic hydroxyl groups is 1. The molecule has 1 aromatic carbocycles. The molecular weight excluding hydrogens is 352 g/mol. The van der Waals surface area contributed by atoms with E-state index < -0.39 is 12.0 Å². The average Bonchev–Trinajstić information content (AvgIpc) is 2.84. The van der Waals surface area contributed by atoms with Crippen LogP contribution in [-0.4, -0.2) is 41.9 Å². The largest absolute Gasteiger partial charge is 0.507 e. The van der Waals surface area contributed by atoms with Crippen LogP contribution in [0.25, 0.3) is 0 Å². The number of hydrogen-bond donors (Lipinski definition) is 2. The number of rotatable bonds is 3. The summed E-state index contributed by atoms with van der Waals surface area (Å²) in [4.78, 5) is 13.4. The highest BCUT2D eigenvalue weighted by Crippen LogP contribution is 2.30. The number of carbonyl (C=O) groups is 1. The van der Waals surface area contributed by atoms with Crippen LogP contribution in [0, 0.1) is 6.92 Å². The molecule has 116 valence electrons. The van der Waals surface area contributed by atoms with Gasteiger partial charge >= 0.3 is 5.97 Å². The Morgan fingerprint density at radius 1 is 1.45 bits per heavy atom. The summed E-state index contributed by atoms with van der Waals surface area (Å²) in [6, 6.07) is 4.52. The van der Waals surface area contributed by atoms with Gasteiger partial charge in [0.05, 0.1) is 17.6 Å². The van der Waals surface area contributed by atoms with Crippen LogP contribution in [0.4, 0.5) is 0 Å². The molecule has 1 unspecified atom stereocenters. The Morgan fingerprint density at radius 2 is 2.23 bits per heavy atom. The van der Waals surface area contributed by atoms with Crippen molar-refractivity contribution in [1.29, 1.82) is 0 Å². The highest BCUT2D eigenvalue weighted by Gasteiger charge is 2.33. The first-order valence-electron chi connectivity index (χ1n) is 6.79. The van der Waals surface area contributed by atoms with Gasteiger partial charge in [0.2, 0.25) is 0 Å². The summed E-state index contributed by atoms with van der Waals surface area (Å²) in [7, 11) is 0. The fourth-order valence-electron chi connectivity index (χ4n) is 2.67. The van der Waals surface area contributed by atoms with Gasteiger partial charge in [-0.25, -0.2) is 0 Å². The molecule has 1 aromatic heterocycles. The van der Waals surface area contributed by atoms with Gasteiger partial charge < -0.3 is 14.8 Å². The van der Waals surface area contributed by atoms with Crippen LogP contribution in [0.5, 0.6) is 5.75 Å². The number of hydrogen-bond acceptors (Lipinski definition) is 5. The van der Waals surface area contributed by atoms with Gasteiger partial charge in [0.1, 0.15) is 23.4 Å². The molecule has 8 heteroatoms. The first kappa shape index (κ1) is 15.0. The molecule has 2 N–H and O–H groups in total. The van der Waals surface area contributed by atoms with Gasteiger partial charge in [-0.1, -0.05) is 12.1 Å². The summed E-state index contributed by atoms with van der Waals surface area (Å²) < 4.78 is 2.43. The summed E-state index contributed by atoms with van der Waals surface area (Å²) in [6.45, 7) is 2.94. The standard InChI is InChI=1S/C14H15BrN4O3/c1-8-16-17-12-7-18(10(14(21)22)6-19(8)12)5-9-3-2-4-11(20)13(9)15/h2-4,10,20H,5-7H2,1H3,(H,21,22). The summed E-state index contributed by atoms with van der Waals surface area (Å²) in [5, 5.41) is 27.4. The van der Waals surface area contributed by atoms with Crippen LogP contribution >= 0.6 is 15.9 Å². The van der Waals surface area contributed by atoms with Crippen molar-refractivity contribution in [3.8, 4) is 5.75 Å². The van der Waals surface area contributed by atoms with E-state index >= 15 is 0 Å². The van der Waals surface area contributed by atoms with E-state index in [2.05, 4.69) is 26.1 Å². The first-order chi connectivity index (χ1) is 10.5. The molecule has 0 spiro atoms. The summed E-state index contributed by atoms with van der Waals surface area (Å²) in [6.07, 6.45) is 0. The molecular formula is C14H15BrN4O3. The Morgan fingerprint density at radius 3 is 2.95 bits per heavy atom. The molecule has 2 aromatic rings. The third-order valence-corrected chi connectivity index (χ3v) is 4.79. The monoisotopic (exact) mass is 366 g/mol. The second-order valence-electron chi connectivity index (χ2n) is 5.28. The van der Waals surface area contributed by atoms with Crippen LogP contribution in [0.1, 0.15) is 17.2 Å². The van der Waals surface area contributed by atoms with Crippen molar-refractivity contribution in [2.24, 2.45) is 0 Å². The Balaban J connectivity index is 1.91. The highest BCUT2D eigenvalue weighted by molar-refractivity contribution is 9.10. The predicted molar refractivity (Wildman–Crippen MR) is 81.2 cm³/mol. The topological polar surface area (TPSA) is 91.5 Å². The van der Waals surface area contributed by atoms with E-state index in [1.54, 1.807) is 12.1 Å². The van der Waals surface area contributed by atoms with Crippen molar-refractivity contribution in [2.75, 3.05) is 0 Å². The Bertz CT molecular complexity index is 731. The molecule has 1 aliphatic heterocycles. The van der Waals surface area contributed by atoms with Gasteiger partial charge in [-0.3, -0.25) is 9.69 Å². The van der Waals surface area contributed by atoms with E-state index in [4.69, 9.17) is 0 Å². The summed E-state index contributed by atoms with van der Waals surface area (Å²) in [5.74, 6) is 0.737. The molecule has 0 fully saturated rings. The number of carboxylic acids is 1. The highest BCUT2D eigenvalue weighted by atomic mass is 79.9. The van der Waals surface area contributed by atoms with Gasteiger partial charge in [-0.2, -0.15) is 0 Å². The maximum Gasteiger partial charge on any atom is 0.322 e. The van der Waals surface area contributed by atoms with Crippen molar-refractivity contribution < 1.29 is 15.0 Å². The van der Waals surface area contributed by atoms with E-state index in [0.717, 1.165) is 17.2 Å². The Kier molecular flexibility index (Phi) is 3.88. The number of nitrogens with zero attached hydrogens (tertiary/aromatic N) is 4. The molecule has 7 nitrogen and oxygen atoms in total. The lowest BCUT2D eigenvalue weighted by Gasteiger charge is -2.33. The number of aromatic nitrogens is 3. The fraction of sp³-hybridized carbons (Fsp3) is 0.357. The van der Waals surface area contributed by atoms with Gasteiger partial charge in [-0.05, 0) is 34.5 Å². The van der Waals surface area contributed by atoms with Crippen molar-refractivity contribution >= 4 is 21.9 Å². The van der Waals surface area contributed by atoms with Crippen LogP contribution < -0.4 is 0 Å². The van der Waals surface area contributed by atoms with Crippen LogP contribution in [-0.2, 0) is 24.4 Å². The van der Waals surface area contributed by atoms with E-state index in [-0.39, 0.29) is 5.75 Å². The second-order valence-corrected chi connectivity index (χ2v) is 6.08. The molecule has 0 radical (unpaired) electrons. The van der Waals surface area contributed by atoms with E-state index in [0.29, 0.717) is 24.1 Å². The molecule has 3 rings (SSSR count). The fourth-order valence-corrected chi connectivity index (χ4v) is 3.06. The molecule has 0 bridgehead atoms. The second kappa shape index (κ2) is 5.69. The summed E-state index contributed by atoms with van der Waals surface area (Å²) >= 11 is 3.34. The number of aliphatic carboxylic acids is 1. The Labute approximate surface area is 135 Å². The van der Waals surface area contributed by atoms with Crippen LogP contribution in [0.15, 0.2) is 22.7 Å². The van der Waals surface area contributed by atoms with E-state index in [1.807, 2.05) is 22.5 Å². The number of halogens is 1. The number of fused-ring (bicyclic) bond motifs is 1. The number of phenolic OH excluding ortho intramolecular Hbond substituents is 1. The minimum absolute atomic E-state index is 0.139. The Hall–Kier alpha value is -1.93. The van der Waals surface area contributed by atoms with Crippen molar-refractivity contribution in [3.63, 3.8) is 0 Å². The van der Waals surface area contributed by atoms with Gasteiger partial charge in [0.25, 0.3) is 0 Å². The maximum absolute atomic E-state index is 11.6. The van der Waals surface area contributed by atoms with Crippen LogP contribution in [0.3, 0.4) is 0 Å². The molecule has 0 saturated heterocycles. The molecule has 1 atom stereocenters. The zero-order chi connectivity index (χ0) is 15.9. The maximum atomic E-state index is 11.6. The molecule has 0 aliphatic carbocycles. The smallest absolute Gasteiger partial charge is 0.322 e. The molecule has 22 heavy (non-hydrogen) atoms. The van der Waals surface area contributed by atoms with E-state index in [9.17, 15) is 15.0 Å². The minimum atomic E-state index is -0.880. The van der Waals surface area contributed by atoms with Gasteiger partial charge in [-0.15, -0.1) is 10.2 Å². The zero-order valence-corrected chi connectivity index (χ0v) is 13.5. The first-order valence-corrected chi connectivity index (χ1v) is 7.58. The minimum Gasteiger partial charge on any atom is -0.507 e. The normalized spacial score (nSPS) is 18.2. The number of phenols is 1. The van der Waals surface area contributed by atoms with Gasteiger partial charge in [0, 0.05) is 6.54 Å². The van der Waals surface area contributed by atoms with E-state index in [1.165, 1.54) is 0 Å². The SMILES string of the molecule is Cc1nnc2n1CC(C(=O)O)N(Cc1cccc(O)c1Br)C2. The summed E-state index contributed by atoms with van der Waals surface area (Å²) in [5.41, 5.74) is 0.830. The number of benzene rings is 1. The number of aryl methyl sites for hydroxylation is 1. The molecule has 2 heterocycles. The van der Waals surface area contributed by atoms with Crippen molar-refractivity contribution in [3.05, 3.63) is 39.9 Å².